The van der Waals surface area contributed by atoms with Crippen molar-refractivity contribution in [3.8, 4) is 17.2 Å². The average molecular weight is 398 g/mol. The highest BCUT2D eigenvalue weighted by Crippen LogP contribution is 2.24. The van der Waals surface area contributed by atoms with E-state index >= 15 is 0 Å². The molecule has 0 N–H and O–H groups in total. The van der Waals surface area contributed by atoms with E-state index in [0.29, 0.717) is 17.2 Å². The van der Waals surface area contributed by atoms with Crippen LogP contribution in [0.5, 0.6) is 5.75 Å². The molecule has 0 amide bonds. The first kappa shape index (κ1) is 20.5. The van der Waals surface area contributed by atoms with Gasteiger partial charge < -0.3 is 13.9 Å². The van der Waals surface area contributed by atoms with E-state index in [1.165, 1.54) is 29.8 Å². The van der Waals surface area contributed by atoms with Crippen LogP contribution in [0, 0.1) is 12.7 Å². The lowest BCUT2D eigenvalue weighted by atomic mass is 9.98. The summed E-state index contributed by atoms with van der Waals surface area (Å²) >= 11 is 0. The molecular formula is C22H23FN2O4. The minimum Gasteiger partial charge on any atom is -0.482 e. The van der Waals surface area contributed by atoms with E-state index in [1.54, 1.807) is 6.92 Å². The zero-order chi connectivity index (χ0) is 21.0. The molecule has 6 nitrogen and oxygen atoms in total. The standard InChI is InChI=1S/C22H23FN2O4/c1-13(2)19-10-9-18(11-14(19)3)27-12-20(26)28-15(4)21-24-25-22(29-21)16-5-7-17(23)8-6-16/h5-11,13,15H,12H2,1-4H3/t15-/m1/s1. The SMILES string of the molecule is Cc1cc(OCC(=O)O[C@H](C)c2nnc(-c3ccc(F)cc3)o2)ccc1C(C)C. The number of carbonyl (C=O) groups excluding carboxylic acids is 1. The number of ether oxygens (including phenoxy) is 2. The van der Waals surface area contributed by atoms with Gasteiger partial charge in [-0.05, 0) is 67.3 Å². The summed E-state index contributed by atoms with van der Waals surface area (Å²) in [5, 5.41) is 7.80. The molecule has 0 spiro atoms. The Morgan fingerprint density at radius 3 is 2.48 bits per heavy atom. The first-order chi connectivity index (χ1) is 13.8. The molecule has 0 bridgehead atoms. The van der Waals surface area contributed by atoms with Crippen molar-refractivity contribution in [2.24, 2.45) is 0 Å². The van der Waals surface area contributed by atoms with Crippen LogP contribution >= 0.6 is 0 Å². The number of rotatable bonds is 7. The van der Waals surface area contributed by atoms with Crippen molar-refractivity contribution in [3.05, 3.63) is 65.3 Å². The second-order valence-electron chi connectivity index (χ2n) is 7.05. The first-order valence-corrected chi connectivity index (χ1v) is 9.35. The van der Waals surface area contributed by atoms with Crippen LogP contribution in [0.25, 0.3) is 11.5 Å². The molecule has 0 aliphatic carbocycles. The second kappa shape index (κ2) is 8.86. The molecule has 0 aliphatic rings. The zero-order valence-electron chi connectivity index (χ0n) is 16.8. The van der Waals surface area contributed by atoms with Gasteiger partial charge in [0.25, 0.3) is 5.89 Å². The Balaban J connectivity index is 1.55. The summed E-state index contributed by atoms with van der Waals surface area (Å²) in [6, 6.07) is 11.4. The molecule has 1 aromatic heterocycles. The molecule has 152 valence electrons. The molecule has 0 saturated carbocycles. The topological polar surface area (TPSA) is 74.5 Å². The van der Waals surface area contributed by atoms with Gasteiger partial charge in [0.2, 0.25) is 5.89 Å². The van der Waals surface area contributed by atoms with E-state index in [9.17, 15) is 9.18 Å². The lowest BCUT2D eigenvalue weighted by molar-refractivity contribution is -0.152. The van der Waals surface area contributed by atoms with Crippen LogP contribution in [-0.4, -0.2) is 22.8 Å². The summed E-state index contributed by atoms with van der Waals surface area (Å²) < 4.78 is 29.4. The Hall–Kier alpha value is -3.22. The number of benzene rings is 2. The highest BCUT2D eigenvalue weighted by Gasteiger charge is 2.19. The lowest BCUT2D eigenvalue weighted by Gasteiger charge is -2.13. The molecule has 0 aliphatic heterocycles. The molecule has 3 aromatic rings. The summed E-state index contributed by atoms with van der Waals surface area (Å²) in [7, 11) is 0. The summed E-state index contributed by atoms with van der Waals surface area (Å²) in [5.41, 5.74) is 2.92. The van der Waals surface area contributed by atoms with Crippen LogP contribution in [0.2, 0.25) is 0 Å². The molecular weight excluding hydrogens is 375 g/mol. The van der Waals surface area contributed by atoms with Gasteiger partial charge in [0.15, 0.2) is 12.7 Å². The Bertz CT molecular complexity index is 983. The van der Waals surface area contributed by atoms with E-state index in [4.69, 9.17) is 13.9 Å². The molecule has 2 aromatic carbocycles. The van der Waals surface area contributed by atoms with Gasteiger partial charge >= 0.3 is 5.97 Å². The molecule has 1 atom stereocenters. The number of nitrogens with zero attached hydrogens (tertiary/aromatic N) is 2. The third kappa shape index (κ3) is 5.19. The van der Waals surface area contributed by atoms with Crippen molar-refractivity contribution >= 4 is 5.97 Å². The number of hydrogen-bond acceptors (Lipinski definition) is 6. The van der Waals surface area contributed by atoms with Crippen molar-refractivity contribution < 1.29 is 23.1 Å². The van der Waals surface area contributed by atoms with Gasteiger partial charge in [0, 0.05) is 5.56 Å². The van der Waals surface area contributed by atoms with Crippen LogP contribution in [-0.2, 0) is 9.53 Å². The van der Waals surface area contributed by atoms with Gasteiger partial charge in [-0.15, -0.1) is 10.2 Å². The van der Waals surface area contributed by atoms with E-state index in [1.807, 2.05) is 25.1 Å². The van der Waals surface area contributed by atoms with Crippen molar-refractivity contribution in [1.82, 2.24) is 10.2 Å². The highest BCUT2D eigenvalue weighted by molar-refractivity contribution is 5.71. The largest absolute Gasteiger partial charge is 0.482 e. The normalized spacial score (nSPS) is 12.1. The number of halogens is 1. The van der Waals surface area contributed by atoms with Gasteiger partial charge in [0.05, 0.1) is 0 Å². The number of esters is 1. The Morgan fingerprint density at radius 2 is 1.83 bits per heavy atom. The van der Waals surface area contributed by atoms with Gasteiger partial charge in [-0.3, -0.25) is 0 Å². The molecule has 1 heterocycles. The summed E-state index contributed by atoms with van der Waals surface area (Å²) in [6.07, 6.45) is -0.738. The Kier molecular flexibility index (Phi) is 6.26. The average Bonchev–Trinajstić information content (AvgIpc) is 3.17. The third-order valence-electron chi connectivity index (χ3n) is 4.41. The molecule has 29 heavy (non-hydrogen) atoms. The molecule has 0 unspecified atom stereocenters. The third-order valence-corrected chi connectivity index (χ3v) is 4.41. The number of aryl methyl sites for hydroxylation is 1. The minimum absolute atomic E-state index is 0.148. The fourth-order valence-corrected chi connectivity index (χ4v) is 2.92. The lowest BCUT2D eigenvalue weighted by Crippen LogP contribution is -2.17. The van der Waals surface area contributed by atoms with Crippen molar-refractivity contribution in [1.29, 1.82) is 0 Å². The van der Waals surface area contributed by atoms with Crippen molar-refractivity contribution in [2.45, 2.75) is 39.7 Å². The predicted octanol–water partition coefficient (Wildman–Crippen LogP) is 4.99. The molecule has 0 radical (unpaired) electrons. The molecule has 7 heteroatoms. The van der Waals surface area contributed by atoms with E-state index in [-0.39, 0.29) is 24.2 Å². The number of aromatic nitrogens is 2. The van der Waals surface area contributed by atoms with Gasteiger partial charge in [-0.25, -0.2) is 9.18 Å². The zero-order valence-corrected chi connectivity index (χ0v) is 16.8. The second-order valence-corrected chi connectivity index (χ2v) is 7.05. The predicted molar refractivity (Wildman–Crippen MR) is 105 cm³/mol. The highest BCUT2D eigenvalue weighted by atomic mass is 19.1. The monoisotopic (exact) mass is 398 g/mol. The van der Waals surface area contributed by atoms with Crippen LogP contribution in [0.4, 0.5) is 4.39 Å². The molecule has 3 rings (SSSR count). The van der Waals surface area contributed by atoms with Gasteiger partial charge in [-0.2, -0.15) is 0 Å². The molecule has 0 fully saturated rings. The summed E-state index contributed by atoms with van der Waals surface area (Å²) in [4.78, 5) is 12.1. The Labute approximate surface area is 168 Å². The fraction of sp³-hybridized carbons (Fsp3) is 0.318. The minimum atomic E-state index is -0.738. The number of hydrogen-bond donors (Lipinski definition) is 0. The maximum atomic E-state index is 13.0. The first-order valence-electron chi connectivity index (χ1n) is 9.35. The summed E-state index contributed by atoms with van der Waals surface area (Å²) in [5.74, 6) is 0.487. The van der Waals surface area contributed by atoms with E-state index in [0.717, 1.165) is 5.56 Å². The maximum Gasteiger partial charge on any atom is 0.344 e. The van der Waals surface area contributed by atoms with E-state index < -0.39 is 12.1 Å². The smallest absolute Gasteiger partial charge is 0.344 e. The van der Waals surface area contributed by atoms with Crippen molar-refractivity contribution in [2.75, 3.05) is 6.61 Å². The van der Waals surface area contributed by atoms with Crippen molar-refractivity contribution in [3.63, 3.8) is 0 Å². The van der Waals surface area contributed by atoms with Crippen LogP contribution in [0.3, 0.4) is 0 Å². The quantitative estimate of drug-likeness (QED) is 0.522. The summed E-state index contributed by atoms with van der Waals surface area (Å²) in [6.45, 7) is 7.66. The molecule has 0 saturated heterocycles. The van der Waals surface area contributed by atoms with Crippen LogP contribution in [0.1, 0.15) is 49.8 Å². The Morgan fingerprint density at radius 1 is 1.10 bits per heavy atom. The van der Waals surface area contributed by atoms with Gasteiger partial charge in [-0.1, -0.05) is 19.9 Å². The fourth-order valence-electron chi connectivity index (χ4n) is 2.92. The number of carbonyl (C=O) groups is 1. The van der Waals surface area contributed by atoms with Crippen LogP contribution < -0.4 is 4.74 Å². The maximum absolute atomic E-state index is 13.0. The van der Waals surface area contributed by atoms with E-state index in [2.05, 4.69) is 24.0 Å². The van der Waals surface area contributed by atoms with Crippen LogP contribution in [0.15, 0.2) is 46.9 Å². The van der Waals surface area contributed by atoms with Gasteiger partial charge in [0.1, 0.15) is 11.6 Å².